The zero-order valence-electron chi connectivity index (χ0n) is 8.27. The molecule has 5 nitrogen and oxygen atoms in total. The van der Waals surface area contributed by atoms with E-state index < -0.39 is 0 Å². The molecule has 2 aliphatic heterocycles. The van der Waals surface area contributed by atoms with Crippen LogP contribution in [0.25, 0.3) is 0 Å². The van der Waals surface area contributed by atoms with Crippen molar-refractivity contribution >= 4 is 5.91 Å². The van der Waals surface area contributed by atoms with Gasteiger partial charge in [0.15, 0.2) is 6.29 Å². The number of nitrogens with zero attached hydrogens (tertiary/aromatic N) is 1. The molecule has 5 heteroatoms. The van der Waals surface area contributed by atoms with Crippen LogP contribution in [0.1, 0.15) is 6.92 Å². The van der Waals surface area contributed by atoms with Crippen LogP contribution in [0.15, 0.2) is 0 Å². The summed E-state index contributed by atoms with van der Waals surface area (Å²) in [6.07, 6.45) is -0.0346. The number of carbonyl (C=O) groups is 1. The average Bonchev–Trinajstić information content (AvgIpc) is 2.89. The van der Waals surface area contributed by atoms with Gasteiger partial charge in [-0.2, -0.15) is 0 Å². The summed E-state index contributed by atoms with van der Waals surface area (Å²) < 4.78 is 15.5. The minimum Gasteiger partial charge on any atom is -0.370 e. The monoisotopic (exact) mass is 201 g/mol. The lowest BCUT2D eigenvalue weighted by Crippen LogP contribution is -2.43. The maximum absolute atomic E-state index is 11.3. The van der Waals surface area contributed by atoms with E-state index in [0.717, 1.165) is 0 Å². The summed E-state index contributed by atoms with van der Waals surface area (Å²) in [6.45, 7) is 4.70. The van der Waals surface area contributed by atoms with Crippen LogP contribution < -0.4 is 0 Å². The Morgan fingerprint density at radius 2 is 2.50 bits per heavy atom. The van der Waals surface area contributed by atoms with Gasteiger partial charge in [-0.1, -0.05) is 0 Å². The van der Waals surface area contributed by atoms with Crippen LogP contribution in [-0.4, -0.2) is 56.1 Å². The molecule has 0 aliphatic carbocycles. The molecule has 0 N–H and O–H groups in total. The molecule has 2 unspecified atom stereocenters. The van der Waals surface area contributed by atoms with Crippen LogP contribution in [0, 0.1) is 0 Å². The Hall–Kier alpha value is -0.650. The topological polar surface area (TPSA) is 51.3 Å². The quantitative estimate of drug-likeness (QED) is 0.581. The third-order valence-corrected chi connectivity index (χ3v) is 2.35. The Labute approximate surface area is 82.9 Å². The lowest BCUT2D eigenvalue weighted by Gasteiger charge is -2.25. The van der Waals surface area contributed by atoms with Gasteiger partial charge in [0.25, 0.3) is 0 Å². The molecule has 1 amide bonds. The highest BCUT2D eigenvalue weighted by Crippen LogP contribution is 2.24. The predicted octanol–water partition coefficient (Wildman–Crippen LogP) is -0.393. The third kappa shape index (κ3) is 2.23. The molecule has 0 saturated carbocycles. The Kier molecular flexibility index (Phi) is 3.00. The van der Waals surface area contributed by atoms with Crippen LogP contribution in [-0.2, 0) is 19.0 Å². The van der Waals surface area contributed by atoms with Crippen molar-refractivity contribution in [2.75, 3.05) is 32.9 Å². The Balaban J connectivity index is 1.72. The van der Waals surface area contributed by atoms with E-state index in [9.17, 15) is 4.79 Å². The molecule has 2 heterocycles. The zero-order chi connectivity index (χ0) is 9.97. The average molecular weight is 201 g/mol. The highest BCUT2D eigenvalue weighted by Gasteiger charge is 2.42. The second-order valence-electron chi connectivity index (χ2n) is 3.39. The van der Waals surface area contributed by atoms with Crippen molar-refractivity contribution in [2.24, 2.45) is 0 Å². The standard InChI is InChI=1S/C9H15NO4/c1-2-13-9-7(14-9)5-10-3-4-12-6-8(10)11/h7,9H,2-6H2,1H3. The predicted molar refractivity (Wildman–Crippen MR) is 47.7 cm³/mol. The molecule has 0 bridgehead atoms. The first-order valence-corrected chi connectivity index (χ1v) is 4.94. The number of epoxide rings is 1. The van der Waals surface area contributed by atoms with Crippen molar-refractivity contribution < 1.29 is 19.0 Å². The lowest BCUT2D eigenvalue weighted by molar-refractivity contribution is -0.142. The van der Waals surface area contributed by atoms with E-state index in [0.29, 0.717) is 26.3 Å². The fraction of sp³-hybridized carbons (Fsp3) is 0.889. The van der Waals surface area contributed by atoms with E-state index in [4.69, 9.17) is 14.2 Å². The van der Waals surface area contributed by atoms with Gasteiger partial charge in [-0.3, -0.25) is 4.79 Å². The summed E-state index contributed by atoms with van der Waals surface area (Å²) in [5, 5.41) is 0. The van der Waals surface area contributed by atoms with E-state index in [1.165, 1.54) is 0 Å². The van der Waals surface area contributed by atoms with Crippen molar-refractivity contribution in [3.8, 4) is 0 Å². The normalized spacial score (nSPS) is 32.1. The molecule has 0 spiro atoms. The van der Waals surface area contributed by atoms with Gasteiger partial charge in [0.05, 0.1) is 13.2 Å². The van der Waals surface area contributed by atoms with Gasteiger partial charge >= 0.3 is 0 Å². The maximum atomic E-state index is 11.3. The number of morpholine rings is 1. The largest absolute Gasteiger partial charge is 0.370 e. The number of hydrogen-bond acceptors (Lipinski definition) is 4. The number of ether oxygens (including phenoxy) is 3. The summed E-state index contributed by atoms with van der Waals surface area (Å²) in [7, 11) is 0. The minimum absolute atomic E-state index is 0.0435. The van der Waals surface area contributed by atoms with Gasteiger partial charge in [0.1, 0.15) is 12.7 Å². The van der Waals surface area contributed by atoms with Crippen LogP contribution in [0.5, 0.6) is 0 Å². The molecule has 0 radical (unpaired) electrons. The Morgan fingerprint density at radius 1 is 1.64 bits per heavy atom. The molecule has 2 fully saturated rings. The van der Waals surface area contributed by atoms with E-state index in [1.54, 1.807) is 4.90 Å². The van der Waals surface area contributed by atoms with Gasteiger partial charge in [-0.25, -0.2) is 0 Å². The molecule has 14 heavy (non-hydrogen) atoms. The molecule has 80 valence electrons. The fourth-order valence-corrected chi connectivity index (χ4v) is 1.53. The summed E-state index contributed by atoms with van der Waals surface area (Å²) in [5.41, 5.74) is 0. The second kappa shape index (κ2) is 4.25. The molecular formula is C9H15NO4. The number of carbonyl (C=O) groups excluding carboxylic acids is 1. The Bertz CT molecular complexity index is 221. The highest BCUT2D eigenvalue weighted by atomic mass is 16.8. The van der Waals surface area contributed by atoms with Gasteiger partial charge in [-0.05, 0) is 6.92 Å². The van der Waals surface area contributed by atoms with Crippen LogP contribution in [0.4, 0.5) is 0 Å². The summed E-state index contributed by atoms with van der Waals surface area (Å²) in [6, 6.07) is 0. The second-order valence-corrected chi connectivity index (χ2v) is 3.39. The molecule has 2 atom stereocenters. The van der Waals surface area contributed by atoms with E-state index in [2.05, 4.69) is 0 Å². The molecule has 0 aromatic rings. The first-order chi connectivity index (χ1) is 6.81. The molecule has 2 saturated heterocycles. The lowest BCUT2D eigenvalue weighted by atomic mass is 10.3. The minimum atomic E-state index is -0.101. The third-order valence-electron chi connectivity index (χ3n) is 2.35. The van der Waals surface area contributed by atoms with Crippen molar-refractivity contribution in [3.63, 3.8) is 0 Å². The van der Waals surface area contributed by atoms with E-state index in [-0.39, 0.29) is 24.9 Å². The highest BCUT2D eigenvalue weighted by molar-refractivity contribution is 5.78. The van der Waals surface area contributed by atoms with Crippen molar-refractivity contribution in [1.82, 2.24) is 4.90 Å². The Morgan fingerprint density at radius 3 is 3.21 bits per heavy atom. The first-order valence-electron chi connectivity index (χ1n) is 4.94. The van der Waals surface area contributed by atoms with Gasteiger partial charge < -0.3 is 19.1 Å². The van der Waals surface area contributed by atoms with E-state index >= 15 is 0 Å². The van der Waals surface area contributed by atoms with Gasteiger partial charge in [0.2, 0.25) is 5.91 Å². The molecule has 2 aliphatic rings. The molecule has 0 aromatic carbocycles. The van der Waals surface area contributed by atoms with Crippen LogP contribution in [0.2, 0.25) is 0 Å². The van der Waals surface area contributed by atoms with E-state index in [1.807, 2.05) is 6.92 Å². The SMILES string of the molecule is CCOC1OC1CN1CCOCC1=O. The first kappa shape index (κ1) is 9.89. The number of amides is 1. The molecular weight excluding hydrogens is 186 g/mol. The number of hydrogen-bond donors (Lipinski definition) is 0. The van der Waals surface area contributed by atoms with Crippen LogP contribution >= 0.6 is 0 Å². The molecule has 0 aromatic heterocycles. The van der Waals surface area contributed by atoms with Crippen LogP contribution in [0.3, 0.4) is 0 Å². The van der Waals surface area contributed by atoms with Gasteiger partial charge in [0, 0.05) is 13.2 Å². The maximum Gasteiger partial charge on any atom is 0.248 e. The van der Waals surface area contributed by atoms with Crippen molar-refractivity contribution in [1.29, 1.82) is 0 Å². The summed E-state index contributed by atoms with van der Waals surface area (Å²) >= 11 is 0. The fourth-order valence-electron chi connectivity index (χ4n) is 1.53. The smallest absolute Gasteiger partial charge is 0.248 e. The summed E-state index contributed by atoms with van der Waals surface area (Å²) in [5.74, 6) is 0.0435. The van der Waals surface area contributed by atoms with Crippen molar-refractivity contribution in [2.45, 2.75) is 19.3 Å². The molecule has 2 rings (SSSR count). The van der Waals surface area contributed by atoms with Gasteiger partial charge in [-0.15, -0.1) is 0 Å². The number of rotatable bonds is 4. The van der Waals surface area contributed by atoms with Crippen molar-refractivity contribution in [3.05, 3.63) is 0 Å². The summed E-state index contributed by atoms with van der Waals surface area (Å²) in [4.78, 5) is 13.1. The zero-order valence-corrected chi connectivity index (χ0v) is 8.27.